The van der Waals surface area contributed by atoms with Crippen LogP contribution >= 0.6 is 15.9 Å². The zero-order chi connectivity index (χ0) is 15.4. The van der Waals surface area contributed by atoms with E-state index < -0.39 is 5.82 Å². The molecule has 0 aliphatic heterocycles. The number of halogens is 2. The van der Waals surface area contributed by atoms with Crippen LogP contribution in [0.15, 0.2) is 27.8 Å². The molecule has 0 unspecified atom stereocenters. The number of nitrogens with two attached hydrogens (primary N) is 1. The molecule has 1 aromatic rings. The molecule has 1 aliphatic rings. The first-order valence-electron chi connectivity index (χ1n) is 6.75. The number of hydrogen-bond acceptors (Lipinski definition) is 3. The number of amidine groups is 1. The van der Waals surface area contributed by atoms with E-state index in [1.165, 1.54) is 18.2 Å². The van der Waals surface area contributed by atoms with Gasteiger partial charge >= 0.3 is 0 Å². The average Bonchev–Trinajstić information content (AvgIpc) is 3.00. The lowest BCUT2D eigenvalue weighted by Gasteiger charge is -2.28. The Morgan fingerprint density at radius 1 is 1.48 bits per heavy atom. The lowest BCUT2D eigenvalue weighted by molar-refractivity contribution is 0.0712. The summed E-state index contributed by atoms with van der Waals surface area (Å²) in [5.74, 6) is -0.680. The molecule has 1 aromatic carbocycles. The molecule has 1 saturated carbocycles. The van der Waals surface area contributed by atoms with Gasteiger partial charge in [0.05, 0.1) is 11.0 Å². The normalized spacial score (nSPS) is 16.2. The van der Waals surface area contributed by atoms with Crippen molar-refractivity contribution in [2.75, 3.05) is 6.54 Å². The second-order valence-electron chi connectivity index (χ2n) is 5.09. The minimum absolute atomic E-state index is 0.0172. The topological polar surface area (TPSA) is 78.9 Å². The van der Waals surface area contributed by atoms with E-state index in [2.05, 4.69) is 21.1 Å². The molecule has 0 saturated heterocycles. The first-order valence-corrected chi connectivity index (χ1v) is 7.54. The van der Waals surface area contributed by atoms with E-state index in [0.29, 0.717) is 5.56 Å². The maximum absolute atomic E-state index is 13.3. The van der Waals surface area contributed by atoms with E-state index in [-0.39, 0.29) is 28.8 Å². The molecule has 114 valence electrons. The van der Waals surface area contributed by atoms with Crippen LogP contribution in [0.25, 0.3) is 0 Å². The minimum Gasteiger partial charge on any atom is -0.409 e. The lowest BCUT2D eigenvalue weighted by atomic mass is 10.1. The lowest BCUT2D eigenvalue weighted by Crippen LogP contribution is -2.44. The Kier molecular flexibility index (Phi) is 5.17. The Bertz CT molecular complexity index is 559. The van der Waals surface area contributed by atoms with Crippen molar-refractivity contribution in [1.82, 2.24) is 4.90 Å². The molecule has 1 fully saturated rings. The van der Waals surface area contributed by atoms with E-state index >= 15 is 0 Å². The van der Waals surface area contributed by atoms with Gasteiger partial charge in [-0.3, -0.25) is 4.79 Å². The third kappa shape index (κ3) is 3.72. The van der Waals surface area contributed by atoms with Crippen molar-refractivity contribution in [3.63, 3.8) is 0 Å². The van der Waals surface area contributed by atoms with E-state index in [0.717, 1.165) is 25.7 Å². The molecule has 3 N–H and O–H groups in total. The van der Waals surface area contributed by atoms with Crippen molar-refractivity contribution >= 4 is 27.7 Å². The van der Waals surface area contributed by atoms with Crippen LogP contribution < -0.4 is 5.73 Å². The van der Waals surface area contributed by atoms with Gasteiger partial charge in [-0.1, -0.05) is 18.0 Å². The van der Waals surface area contributed by atoms with Crippen LogP contribution in [0.2, 0.25) is 0 Å². The van der Waals surface area contributed by atoms with Gasteiger partial charge < -0.3 is 15.8 Å². The largest absolute Gasteiger partial charge is 0.409 e. The predicted octanol–water partition coefficient (Wildman–Crippen LogP) is 2.72. The number of oxime groups is 1. The van der Waals surface area contributed by atoms with Gasteiger partial charge in [-0.2, -0.15) is 0 Å². The first-order chi connectivity index (χ1) is 10.0. The highest BCUT2D eigenvalue weighted by Crippen LogP contribution is 2.26. The summed E-state index contributed by atoms with van der Waals surface area (Å²) in [4.78, 5) is 14.2. The van der Waals surface area contributed by atoms with Gasteiger partial charge in [0.25, 0.3) is 5.91 Å². The van der Waals surface area contributed by atoms with Crippen LogP contribution in [0, 0.1) is 5.82 Å². The van der Waals surface area contributed by atoms with E-state index in [4.69, 9.17) is 10.9 Å². The number of hydrogen-bond donors (Lipinski definition) is 2. The monoisotopic (exact) mass is 357 g/mol. The summed E-state index contributed by atoms with van der Waals surface area (Å²) in [6.07, 6.45) is 3.90. The summed E-state index contributed by atoms with van der Waals surface area (Å²) in [5, 5.41) is 11.7. The van der Waals surface area contributed by atoms with Crippen LogP contribution in [0.4, 0.5) is 4.39 Å². The summed E-state index contributed by atoms with van der Waals surface area (Å²) in [7, 11) is 0. The average molecular weight is 358 g/mol. The third-order valence-corrected chi connectivity index (χ3v) is 4.26. The van der Waals surface area contributed by atoms with E-state index in [1.807, 2.05) is 0 Å². The highest BCUT2D eigenvalue weighted by atomic mass is 79.9. The van der Waals surface area contributed by atoms with E-state index in [1.54, 1.807) is 4.90 Å². The molecule has 2 rings (SSSR count). The summed E-state index contributed by atoms with van der Waals surface area (Å²) >= 11 is 3.08. The molecular weight excluding hydrogens is 341 g/mol. The quantitative estimate of drug-likeness (QED) is 0.376. The van der Waals surface area contributed by atoms with Crippen LogP contribution in [0.1, 0.15) is 36.0 Å². The molecule has 0 bridgehead atoms. The van der Waals surface area contributed by atoms with Crippen molar-refractivity contribution in [2.45, 2.75) is 31.7 Å². The molecule has 1 aliphatic carbocycles. The van der Waals surface area contributed by atoms with Crippen molar-refractivity contribution in [2.24, 2.45) is 10.9 Å². The molecule has 21 heavy (non-hydrogen) atoms. The number of nitrogens with zero attached hydrogens (tertiary/aromatic N) is 2. The summed E-state index contributed by atoms with van der Waals surface area (Å²) in [5.41, 5.74) is 5.92. The predicted molar refractivity (Wildman–Crippen MR) is 80.8 cm³/mol. The standard InChI is InChI=1S/C14H17BrFN3O2/c15-11-7-9(5-6-12(11)16)14(20)19(8-13(17)18-21)10-3-1-2-4-10/h5-7,10,21H,1-4,8H2,(H2,17,18). The van der Waals surface area contributed by atoms with Crippen LogP contribution in [-0.2, 0) is 0 Å². The number of benzene rings is 1. The van der Waals surface area contributed by atoms with Gasteiger partial charge in [-0.25, -0.2) is 4.39 Å². The highest BCUT2D eigenvalue weighted by Gasteiger charge is 2.28. The Morgan fingerprint density at radius 2 is 2.14 bits per heavy atom. The first kappa shape index (κ1) is 15.8. The Hall–Kier alpha value is -1.63. The maximum Gasteiger partial charge on any atom is 0.254 e. The third-order valence-electron chi connectivity index (χ3n) is 3.65. The van der Waals surface area contributed by atoms with Gasteiger partial charge in [0.15, 0.2) is 5.84 Å². The summed E-state index contributed by atoms with van der Waals surface area (Å²) < 4.78 is 13.5. The van der Waals surface area contributed by atoms with Crippen LogP contribution in [0.5, 0.6) is 0 Å². The Morgan fingerprint density at radius 3 is 2.71 bits per heavy atom. The second kappa shape index (κ2) is 6.89. The minimum atomic E-state index is -0.421. The molecule has 5 nitrogen and oxygen atoms in total. The fourth-order valence-corrected chi connectivity index (χ4v) is 2.96. The maximum atomic E-state index is 13.3. The van der Waals surface area contributed by atoms with Crippen molar-refractivity contribution in [3.8, 4) is 0 Å². The number of carbonyl (C=O) groups excluding carboxylic acids is 1. The SMILES string of the molecule is N/C(CN(C(=O)c1ccc(F)c(Br)c1)C1CCCC1)=N/O. The molecule has 0 radical (unpaired) electrons. The van der Waals surface area contributed by atoms with Crippen molar-refractivity contribution < 1.29 is 14.4 Å². The molecular formula is C14H17BrFN3O2. The second-order valence-corrected chi connectivity index (χ2v) is 5.95. The highest BCUT2D eigenvalue weighted by molar-refractivity contribution is 9.10. The van der Waals surface area contributed by atoms with Gasteiger partial charge in [0.1, 0.15) is 5.82 Å². The zero-order valence-electron chi connectivity index (χ0n) is 11.4. The number of amides is 1. The Balaban J connectivity index is 2.25. The fourth-order valence-electron chi connectivity index (χ4n) is 2.58. The van der Waals surface area contributed by atoms with Gasteiger partial charge in [-0.05, 0) is 47.0 Å². The molecule has 0 heterocycles. The van der Waals surface area contributed by atoms with Crippen molar-refractivity contribution in [1.29, 1.82) is 0 Å². The molecule has 0 aromatic heterocycles. The molecule has 0 atom stereocenters. The molecule has 7 heteroatoms. The van der Waals surface area contributed by atoms with Crippen LogP contribution in [-0.4, -0.2) is 34.4 Å². The smallest absolute Gasteiger partial charge is 0.254 e. The van der Waals surface area contributed by atoms with Crippen molar-refractivity contribution in [3.05, 3.63) is 34.1 Å². The summed E-state index contributed by atoms with van der Waals surface area (Å²) in [6, 6.07) is 4.21. The van der Waals surface area contributed by atoms with Gasteiger partial charge in [0.2, 0.25) is 0 Å². The molecule has 1 amide bonds. The zero-order valence-corrected chi connectivity index (χ0v) is 13.0. The van der Waals surface area contributed by atoms with E-state index in [9.17, 15) is 9.18 Å². The van der Waals surface area contributed by atoms with Gasteiger partial charge in [0, 0.05) is 11.6 Å². The number of carbonyl (C=O) groups is 1. The summed E-state index contributed by atoms with van der Waals surface area (Å²) in [6.45, 7) is 0.0645. The number of rotatable bonds is 4. The van der Waals surface area contributed by atoms with Crippen LogP contribution in [0.3, 0.4) is 0 Å². The van der Waals surface area contributed by atoms with Gasteiger partial charge in [-0.15, -0.1) is 0 Å². The fraction of sp³-hybridized carbons (Fsp3) is 0.429. The Labute approximate surface area is 130 Å². The molecule has 0 spiro atoms.